The molecule has 3 heteroatoms. The van der Waals surface area contributed by atoms with Crippen molar-refractivity contribution in [3.8, 4) is 5.75 Å². The fourth-order valence-corrected chi connectivity index (χ4v) is 3.09. The summed E-state index contributed by atoms with van der Waals surface area (Å²) in [5, 5.41) is 3.73. The second-order valence-corrected chi connectivity index (χ2v) is 6.19. The van der Waals surface area contributed by atoms with Crippen molar-refractivity contribution in [1.82, 2.24) is 5.32 Å². The summed E-state index contributed by atoms with van der Waals surface area (Å²) in [5.41, 5.74) is 1.41. The molecule has 1 fully saturated rings. The van der Waals surface area contributed by atoms with Crippen LogP contribution in [-0.2, 0) is 4.74 Å². The maximum atomic E-state index is 5.72. The largest absolute Gasteiger partial charge is 0.494 e. The Balaban J connectivity index is 2.04. The van der Waals surface area contributed by atoms with E-state index in [9.17, 15) is 0 Å². The van der Waals surface area contributed by atoms with E-state index in [2.05, 4.69) is 38.2 Å². The first-order chi connectivity index (χ1) is 9.50. The molecular formula is C17H27NO2. The van der Waals surface area contributed by atoms with Crippen molar-refractivity contribution >= 4 is 0 Å². The zero-order valence-corrected chi connectivity index (χ0v) is 13.3. The van der Waals surface area contributed by atoms with Gasteiger partial charge < -0.3 is 14.8 Å². The second-order valence-electron chi connectivity index (χ2n) is 6.19. The van der Waals surface area contributed by atoms with E-state index < -0.39 is 0 Å². The molecule has 1 N–H and O–H groups in total. The van der Waals surface area contributed by atoms with Crippen LogP contribution in [-0.4, -0.2) is 25.9 Å². The molecule has 0 heterocycles. The first-order valence-corrected chi connectivity index (χ1v) is 7.51. The van der Waals surface area contributed by atoms with Gasteiger partial charge in [-0.3, -0.25) is 0 Å². The standard InChI is InChI=1S/C17H27NO2/c1-6-20-14-10-8-7-9-13(14)12(2)18-15-11-16(19-5)17(15,3)4/h7-10,12,15-16,18H,6,11H2,1-5H3. The van der Waals surface area contributed by atoms with Gasteiger partial charge in [0.25, 0.3) is 0 Å². The van der Waals surface area contributed by atoms with Gasteiger partial charge in [-0.15, -0.1) is 0 Å². The third-order valence-corrected chi connectivity index (χ3v) is 4.60. The van der Waals surface area contributed by atoms with Gasteiger partial charge in [-0.05, 0) is 26.3 Å². The predicted octanol–water partition coefficient (Wildman–Crippen LogP) is 3.55. The smallest absolute Gasteiger partial charge is 0.124 e. The Kier molecular flexibility index (Phi) is 4.71. The summed E-state index contributed by atoms with van der Waals surface area (Å²) >= 11 is 0. The highest BCUT2D eigenvalue weighted by molar-refractivity contribution is 5.35. The number of ether oxygens (including phenoxy) is 2. The number of hydrogen-bond acceptors (Lipinski definition) is 3. The predicted molar refractivity (Wildman–Crippen MR) is 82.1 cm³/mol. The SMILES string of the molecule is CCOc1ccccc1C(C)NC1CC(OC)C1(C)C. The van der Waals surface area contributed by atoms with Crippen molar-refractivity contribution in [1.29, 1.82) is 0 Å². The van der Waals surface area contributed by atoms with Gasteiger partial charge in [0.15, 0.2) is 0 Å². The zero-order valence-electron chi connectivity index (χ0n) is 13.3. The third-order valence-electron chi connectivity index (χ3n) is 4.60. The summed E-state index contributed by atoms with van der Waals surface area (Å²) in [6, 6.07) is 9.04. The van der Waals surface area contributed by atoms with E-state index in [0.717, 1.165) is 12.2 Å². The van der Waals surface area contributed by atoms with Crippen LogP contribution in [0, 0.1) is 5.41 Å². The van der Waals surface area contributed by atoms with Gasteiger partial charge in [-0.1, -0.05) is 32.0 Å². The van der Waals surface area contributed by atoms with Crippen LogP contribution in [0.15, 0.2) is 24.3 Å². The lowest BCUT2D eigenvalue weighted by Gasteiger charge is -2.52. The van der Waals surface area contributed by atoms with Crippen molar-refractivity contribution in [2.24, 2.45) is 5.41 Å². The van der Waals surface area contributed by atoms with Crippen LogP contribution >= 0.6 is 0 Å². The highest BCUT2D eigenvalue weighted by Gasteiger charge is 2.48. The van der Waals surface area contributed by atoms with Crippen LogP contribution in [0.25, 0.3) is 0 Å². The lowest BCUT2D eigenvalue weighted by molar-refractivity contribution is -0.0999. The topological polar surface area (TPSA) is 30.5 Å². The van der Waals surface area contributed by atoms with Crippen LogP contribution in [0.5, 0.6) is 5.75 Å². The summed E-state index contributed by atoms with van der Waals surface area (Å²) in [5.74, 6) is 0.982. The zero-order chi connectivity index (χ0) is 14.8. The molecule has 20 heavy (non-hydrogen) atoms. The average molecular weight is 277 g/mol. The molecule has 1 aromatic carbocycles. The number of benzene rings is 1. The minimum atomic E-state index is 0.184. The molecule has 0 spiro atoms. The van der Waals surface area contributed by atoms with Crippen LogP contribution in [0.1, 0.15) is 45.7 Å². The summed E-state index contributed by atoms with van der Waals surface area (Å²) in [4.78, 5) is 0. The molecule has 0 aliphatic heterocycles. The minimum absolute atomic E-state index is 0.184. The molecule has 0 radical (unpaired) electrons. The van der Waals surface area contributed by atoms with Crippen molar-refractivity contribution in [3.63, 3.8) is 0 Å². The van der Waals surface area contributed by atoms with Crippen molar-refractivity contribution in [3.05, 3.63) is 29.8 Å². The number of rotatable bonds is 6. The number of nitrogens with one attached hydrogen (secondary N) is 1. The van der Waals surface area contributed by atoms with Gasteiger partial charge >= 0.3 is 0 Å². The van der Waals surface area contributed by atoms with Gasteiger partial charge in [-0.2, -0.15) is 0 Å². The molecule has 2 rings (SSSR count). The summed E-state index contributed by atoms with van der Waals surface area (Å²) in [6.07, 6.45) is 1.43. The molecule has 0 bridgehead atoms. The first-order valence-electron chi connectivity index (χ1n) is 7.51. The molecule has 1 aromatic rings. The summed E-state index contributed by atoms with van der Waals surface area (Å²) < 4.78 is 11.2. The third kappa shape index (κ3) is 2.84. The Morgan fingerprint density at radius 1 is 1.35 bits per heavy atom. The Labute approximate surface area is 122 Å². The van der Waals surface area contributed by atoms with Gasteiger partial charge in [-0.25, -0.2) is 0 Å². The van der Waals surface area contributed by atoms with E-state index in [-0.39, 0.29) is 11.5 Å². The van der Waals surface area contributed by atoms with Crippen LogP contribution in [0.4, 0.5) is 0 Å². The molecule has 1 saturated carbocycles. The number of para-hydroxylation sites is 1. The highest BCUT2D eigenvalue weighted by Crippen LogP contribution is 2.43. The molecule has 1 aliphatic rings. The molecule has 0 aromatic heterocycles. The lowest BCUT2D eigenvalue weighted by atomic mass is 9.64. The molecule has 3 unspecified atom stereocenters. The highest BCUT2D eigenvalue weighted by atomic mass is 16.5. The average Bonchev–Trinajstić information content (AvgIpc) is 2.43. The molecule has 3 nitrogen and oxygen atoms in total. The Hall–Kier alpha value is -1.06. The molecule has 112 valence electrons. The number of hydrogen-bond donors (Lipinski definition) is 1. The van der Waals surface area contributed by atoms with Crippen molar-refractivity contribution in [2.45, 2.75) is 52.3 Å². The molecule has 3 atom stereocenters. The second kappa shape index (κ2) is 6.15. The van der Waals surface area contributed by atoms with E-state index in [1.165, 1.54) is 5.56 Å². The summed E-state index contributed by atoms with van der Waals surface area (Å²) in [7, 11) is 1.80. The van der Waals surface area contributed by atoms with Gasteiger partial charge in [0.05, 0.1) is 12.7 Å². The fourth-order valence-electron chi connectivity index (χ4n) is 3.09. The van der Waals surface area contributed by atoms with E-state index in [0.29, 0.717) is 18.8 Å². The minimum Gasteiger partial charge on any atom is -0.494 e. The molecule has 0 amide bonds. The van der Waals surface area contributed by atoms with Crippen LogP contribution < -0.4 is 10.1 Å². The Bertz CT molecular complexity index is 444. The monoisotopic (exact) mass is 277 g/mol. The van der Waals surface area contributed by atoms with Gasteiger partial charge in [0.1, 0.15) is 5.75 Å². The Morgan fingerprint density at radius 3 is 2.65 bits per heavy atom. The van der Waals surface area contributed by atoms with E-state index >= 15 is 0 Å². The molecular weight excluding hydrogens is 250 g/mol. The van der Waals surface area contributed by atoms with E-state index in [1.807, 2.05) is 19.1 Å². The Morgan fingerprint density at radius 2 is 2.05 bits per heavy atom. The molecule has 0 saturated heterocycles. The van der Waals surface area contributed by atoms with Gasteiger partial charge in [0.2, 0.25) is 0 Å². The first kappa shape index (κ1) is 15.3. The maximum Gasteiger partial charge on any atom is 0.124 e. The fraction of sp³-hybridized carbons (Fsp3) is 0.647. The summed E-state index contributed by atoms with van der Waals surface area (Å²) in [6.45, 7) is 9.46. The lowest BCUT2D eigenvalue weighted by Crippen LogP contribution is -2.60. The van der Waals surface area contributed by atoms with Gasteiger partial charge in [0, 0.05) is 30.2 Å². The molecule has 1 aliphatic carbocycles. The normalized spacial score (nSPS) is 25.9. The van der Waals surface area contributed by atoms with E-state index in [1.54, 1.807) is 7.11 Å². The van der Waals surface area contributed by atoms with E-state index in [4.69, 9.17) is 9.47 Å². The maximum absolute atomic E-state index is 5.72. The van der Waals surface area contributed by atoms with Crippen molar-refractivity contribution < 1.29 is 9.47 Å². The quantitative estimate of drug-likeness (QED) is 0.862. The number of methoxy groups -OCH3 is 1. The van der Waals surface area contributed by atoms with Crippen LogP contribution in [0.3, 0.4) is 0 Å². The van der Waals surface area contributed by atoms with Crippen molar-refractivity contribution in [2.75, 3.05) is 13.7 Å². The van der Waals surface area contributed by atoms with Crippen LogP contribution in [0.2, 0.25) is 0 Å².